The summed E-state index contributed by atoms with van der Waals surface area (Å²) in [6.45, 7) is 0.667. The van der Waals surface area contributed by atoms with Crippen molar-refractivity contribution in [2.45, 2.75) is 24.2 Å². The van der Waals surface area contributed by atoms with Gasteiger partial charge in [-0.05, 0) is 37.0 Å². The van der Waals surface area contributed by atoms with E-state index in [2.05, 4.69) is 16.0 Å². The molecule has 19 heavy (non-hydrogen) atoms. The molecular formula is C13H18N2O2S2. The molecule has 0 atom stereocenters. The second-order valence-electron chi connectivity index (χ2n) is 4.39. The van der Waals surface area contributed by atoms with Gasteiger partial charge in [-0.25, -0.2) is 8.42 Å². The Morgan fingerprint density at radius 3 is 2.79 bits per heavy atom. The van der Waals surface area contributed by atoms with E-state index in [4.69, 9.17) is 0 Å². The van der Waals surface area contributed by atoms with Gasteiger partial charge in [0.1, 0.15) is 5.84 Å². The van der Waals surface area contributed by atoms with Crippen molar-refractivity contribution in [2.24, 2.45) is 4.99 Å². The van der Waals surface area contributed by atoms with Crippen molar-refractivity contribution in [1.82, 2.24) is 4.72 Å². The van der Waals surface area contributed by atoms with Crippen LogP contribution in [0.1, 0.15) is 24.8 Å². The van der Waals surface area contributed by atoms with Gasteiger partial charge in [0.25, 0.3) is 10.0 Å². The molecule has 0 unspecified atom stereocenters. The number of aliphatic imine (C=N–C) groups is 1. The van der Waals surface area contributed by atoms with E-state index in [0.717, 1.165) is 12.8 Å². The number of hydrogen-bond acceptors (Lipinski definition) is 4. The Morgan fingerprint density at radius 1 is 1.21 bits per heavy atom. The topological polar surface area (TPSA) is 58.5 Å². The molecule has 1 aromatic rings. The zero-order valence-corrected chi connectivity index (χ0v) is 12.6. The lowest BCUT2D eigenvalue weighted by atomic mass is 10.2. The highest BCUT2D eigenvalue weighted by Gasteiger charge is 2.29. The van der Waals surface area contributed by atoms with Gasteiger partial charge < -0.3 is 0 Å². The predicted molar refractivity (Wildman–Crippen MR) is 80.4 cm³/mol. The van der Waals surface area contributed by atoms with E-state index in [0.29, 0.717) is 22.8 Å². The van der Waals surface area contributed by atoms with Crippen LogP contribution >= 0.6 is 11.8 Å². The van der Waals surface area contributed by atoms with Crippen LogP contribution in [0.4, 0.5) is 0 Å². The number of fused-ring (bicyclic) bond motifs is 1. The molecular weight excluding hydrogens is 280 g/mol. The largest absolute Gasteiger partial charge is 0.267 e. The highest BCUT2D eigenvalue weighted by Crippen LogP contribution is 2.22. The minimum atomic E-state index is -3.39. The number of amidine groups is 1. The molecule has 1 aromatic carbocycles. The monoisotopic (exact) mass is 298 g/mol. The number of hydrogen-bond donors (Lipinski definition) is 1. The van der Waals surface area contributed by atoms with Gasteiger partial charge in [-0.1, -0.05) is 18.6 Å². The average molecular weight is 298 g/mol. The number of thioether (sulfide) groups is 1. The smallest absolute Gasteiger partial charge is 0.263 e. The van der Waals surface area contributed by atoms with Gasteiger partial charge in [-0.15, -0.1) is 0 Å². The summed E-state index contributed by atoms with van der Waals surface area (Å²) in [5.74, 6) is 1.66. The summed E-state index contributed by atoms with van der Waals surface area (Å²) in [7, 11) is -3.39. The van der Waals surface area contributed by atoms with Crippen LogP contribution in [-0.2, 0) is 10.0 Å². The van der Waals surface area contributed by atoms with E-state index >= 15 is 0 Å². The lowest BCUT2D eigenvalue weighted by Crippen LogP contribution is -2.22. The Hall–Kier alpha value is -1.01. The van der Waals surface area contributed by atoms with Gasteiger partial charge in [0.05, 0.1) is 4.90 Å². The van der Waals surface area contributed by atoms with Crippen molar-refractivity contribution in [3.63, 3.8) is 0 Å². The molecule has 0 amide bonds. The molecule has 0 aliphatic carbocycles. The van der Waals surface area contributed by atoms with Crippen molar-refractivity contribution in [3.05, 3.63) is 29.8 Å². The SMILES string of the molecule is CSCCCCCN=C1NS(=O)(=O)c2ccccc21. The molecule has 1 aliphatic heterocycles. The maximum atomic E-state index is 11.8. The summed E-state index contributed by atoms with van der Waals surface area (Å²) in [4.78, 5) is 4.71. The molecule has 1 heterocycles. The normalized spacial score (nSPS) is 18.3. The summed E-state index contributed by atoms with van der Waals surface area (Å²) in [6, 6.07) is 6.96. The number of sulfonamides is 1. The first-order valence-electron chi connectivity index (χ1n) is 6.31. The highest BCUT2D eigenvalue weighted by molar-refractivity contribution is 7.98. The summed E-state index contributed by atoms with van der Waals surface area (Å²) < 4.78 is 26.2. The summed E-state index contributed by atoms with van der Waals surface area (Å²) in [6.07, 6.45) is 5.42. The minimum Gasteiger partial charge on any atom is -0.267 e. The van der Waals surface area contributed by atoms with E-state index in [-0.39, 0.29) is 0 Å². The molecule has 0 radical (unpaired) electrons. The maximum Gasteiger partial charge on any atom is 0.263 e. The number of benzene rings is 1. The third-order valence-electron chi connectivity index (χ3n) is 2.94. The molecule has 4 nitrogen and oxygen atoms in total. The molecule has 0 saturated heterocycles. The lowest BCUT2D eigenvalue weighted by Gasteiger charge is -1.99. The number of unbranched alkanes of at least 4 members (excludes halogenated alkanes) is 2. The van der Waals surface area contributed by atoms with Crippen LogP contribution in [-0.4, -0.2) is 32.8 Å². The van der Waals surface area contributed by atoms with Crippen molar-refractivity contribution in [1.29, 1.82) is 0 Å². The fourth-order valence-corrected chi connectivity index (χ4v) is 3.72. The molecule has 0 spiro atoms. The second kappa shape index (κ2) is 6.43. The van der Waals surface area contributed by atoms with Crippen LogP contribution in [0.2, 0.25) is 0 Å². The fourth-order valence-electron chi connectivity index (χ4n) is 1.98. The lowest BCUT2D eigenvalue weighted by molar-refractivity contribution is 0.595. The molecule has 1 aliphatic rings. The van der Waals surface area contributed by atoms with Crippen LogP contribution in [0.5, 0.6) is 0 Å². The van der Waals surface area contributed by atoms with E-state index in [9.17, 15) is 8.42 Å². The van der Waals surface area contributed by atoms with Gasteiger partial charge in [0.2, 0.25) is 0 Å². The summed E-state index contributed by atoms with van der Waals surface area (Å²) in [5.41, 5.74) is 0.687. The third kappa shape index (κ3) is 3.51. The molecule has 6 heteroatoms. The molecule has 104 valence electrons. The van der Waals surface area contributed by atoms with E-state index in [1.165, 1.54) is 12.2 Å². The predicted octanol–water partition coefficient (Wildman–Crippen LogP) is 2.26. The van der Waals surface area contributed by atoms with E-state index in [1.807, 2.05) is 17.8 Å². The van der Waals surface area contributed by atoms with Gasteiger partial charge in [-0.3, -0.25) is 9.71 Å². The first-order valence-corrected chi connectivity index (χ1v) is 9.18. The van der Waals surface area contributed by atoms with Crippen LogP contribution in [0.15, 0.2) is 34.2 Å². The Labute approximate surface area is 118 Å². The van der Waals surface area contributed by atoms with Crippen molar-refractivity contribution < 1.29 is 8.42 Å². The summed E-state index contributed by atoms with van der Waals surface area (Å²) >= 11 is 1.85. The van der Waals surface area contributed by atoms with Crippen molar-refractivity contribution in [3.8, 4) is 0 Å². The first-order chi connectivity index (χ1) is 9.15. The van der Waals surface area contributed by atoms with Crippen LogP contribution < -0.4 is 4.72 Å². The van der Waals surface area contributed by atoms with Crippen molar-refractivity contribution in [2.75, 3.05) is 18.6 Å². The third-order valence-corrected chi connectivity index (χ3v) is 5.03. The van der Waals surface area contributed by atoms with Crippen LogP contribution in [0.3, 0.4) is 0 Å². The Balaban J connectivity index is 1.99. The molecule has 2 rings (SSSR count). The number of nitrogens with zero attached hydrogens (tertiary/aromatic N) is 1. The standard InChI is InChI=1S/C13H18N2O2S2/c1-18-10-6-2-5-9-14-13-11-7-3-4-8-12(11)19(16,17)15-13/h3-4,7-8H,2,5-6,9-10H2,1H3,(H,14,15). The van der Waals surface area contributed by atoms with Gasteiger partial charge in [0.15, 0.2) is 0 Å². The molecule has 1 N–H and O–H groups in total. The van der Waals surface area contributed by atoms with Crippen LogP contribution in [0, 0.1) is 0 Å². The molecule has 0 aromatic heterocycles. The average Bonchev–Trinajstić information content (AvgIpc) is 2.66. The van der Waals surface area contributed by atoms with Gasteiger partial charge in [-0.2, -0.15) is 11.8 Å². The number of rotatable bonds is 6. The van der Waals surface area contributed by atoms with E-state index < -0.39 is 10.0 Å². The molecule has 0 bridgehead atoms. The van der Waals surface area contributed by atoms with Crippen LogP contribution in [0.25, 0.3) is 0 Å². The highest BCUT2D eigenvalue weighted by atomic mass is 32.2. The Bertz CT molecular complexity index is 568. The first kappa shape index (κ1) is 14.4. The molecule has 0 fully saturated rings. The Morgan fingerprint density at radius 2 is 2.00 bits per heavy atom. The van der Waals surface area contributed by atoms with Gasteiger partial charge in [0, 0.05) is 12.1 Å². The fraction of sp³-hybridized carbons (Fsp3) is 0.462. The molecule has 0 saturated carbocycles. The minimum absolute atomic E-state index is 0.330. The maximum absolute atomic E-state index is 11.8. The van der Waals surface area contributed by atoms with Crippen molar-refractivity contribution >= 4 is 27.6 Å². The van der Waals surface area contributed by atoms with E-state index in [1.54, 1.807) is 18.2 Å². The summed E-state index contributed by atoms with van der Waals surface area (Å²) in [5, 5.41) is 0. The Kier molecular flexibility index (Phi) is 4.87. The quantitative estimate of drug-likeness (QED) is 0.820. The number of nitrogens with one attached hydrogen (secondary N) is 1. The second-order valence-corrected chi connectivity index (χ2v) is 7.02. The zero-order chi connectivity index (χ0) is 13.7. The van der Waals surface area contributed by atoms with Gasteiger partial charge >= 0.3 is 0 Å². The zero-order valence-electron chi connectivity index (χ0n) is 10.9.